The van der Waals surface area contributed by atoms with Gasteiger partial charge in [-0.1, -0.05) is 0 Å². The van der Waals surface area contributed by atoms with E-state index in [1.807, 2.05) is 0 Å². The van der Waals surface area contributed by atoms with E-state index >= 15 is 0 Å². The Hall–Kier alpha value is -1.59. The van der Waals surface area contributed by atoms with E-state index in [9.17, 15) is 14.4 Å². The van der Waals surface area contributed by atoms with Crippen molar-refractivity contribution in [1.29, 1.82) is 0 Å². The second-order valence-corrected chi connectivity index (χ2v) is 3.80. The van der Waals surface area contributed by atoms with Crippen LogP contribution in [0.1, 0.15) is 32.1 Å². The predicted molar refractivity (Wildman–Crippen MR) is 55.7 cm³/mol. The molecule has 90 valence electrons. The van der Waals surface area contributed by atoms with Gasteiger partial charge in [0, 0.05) is 19.4 Å². The Morgan fingerprint density at radius 3 is 2.75 bits per heavy atom. The molecule has 0 bridgehead atoms. The first-order chi connectivity index (χ1) is 7.59. The molecule has 2 amide bonds. The van der Waals surface area contributed by atoms with Gasteiger partial charge in [-0.2, -0.15) is 0 Å². The number of carbonyl (C=O) groups excluding carboxylic acids is 2. The van der Waals surface area contributed by atoms with Crippen LogP contribution in [0.4, 0.5) is 0 Å². The van der Waals surface area contributed by atoms with Crippen LogP contribution < -0.4 is 10.6 Å². The highest BCUT2D eigenvalue weighted by Gasteiger charge is 2.26. The number of amides is 2. The average Bonchev–Trinajstić information content (AvgIpc) is 2.63. The van der Waals surface area contributed by atoms with Gasteiger partial charge in [-0.05, 0) is 19.3 Å². The summed E-state index contributed by atoms with van der Waals surface area (Å²) in [7, 11) is 0. The summed E-state index contributed by atoms with van der Waals surface area (Å²) in [5, 5.41) is 13.6. The van der Waals surface area contributed by atoms with E-state index in [0.29, 0.717) is 32.2 Å². The molecule has 1 fully saturated rings. The Morgan fingerprint density at radius 2 is 2.19 bits per heavy atom. The smallest absolute Gasteiger partial charge is 0.303 e. The third kappa shape index (κ3) is 4.29. The molecule has 6 heteroatoms. The summed E-state index contributed by atoms with van der Waals surface area (Å²) in [6.07, 6.45) is 2.25. The number of aliphatic carboxylic acids is 1. The molecule has 1 rings (SSSR count). The topological polar surface area (TPSA) is 95.5 Å². The fraction of sp³-hybridized carbons (Fsp3) is 0.700. The molecule has 0 aliphatic carbocycles. The normalized spacial score (nSPS) is 19.2. The molecule has 3 N–H and O–H groups in total. The zero-order chi connectivity index (χ0) is 12.0. The summed E-state index contributed by atoms with van der Waals surface area (Å²) in [5.74, 6) is -1.10. The minimum absolute atomic E-state index is 0.0916. The average molecular weight is 228 g/mol. The molecule has 1 atom stereocenters. The Bertz CT molecular complexity index is 291. The van der Waals surface area contributed by atoms with Crippen molar-refractivity contribution in [1.82, 2.24) is 10.6 Å². The first-order valence-corrected chi connectivity index (χ1v) is 5.38. The lowest BCUT2D eigenvalue weighted by molar-refractivity contribution is -0.137. The Balaban J connectivity index is 2.06. The number of carboxylic acids is 1. The largest absolute Gasteiger partial charge is 0.481 e. The highest BCUT2D eigenvalue weighted by atomic mass is 16.4. The van der Waals surface area contributed by atoms with E-state index in [2.05, 4.69) is 10.6 Å². The summed E-state index contributed by atoms with van der Waals surface area (Å²) in [6.45, 7) is 0.457. The number of rotatable bonds is 6. The summed E-state index contributed by atoms with van der Waals surface area (Å²) in [6, 6.07) is -0.410. The lowest BCUT2D eigenvalue weighted by Crippen LogP contribution is -2.41. The van der Waals surface area contributed by atoms with E-state index < -0.39 is 12.0 Å². The van der Waals surface area contributed by atoms with E-state index in [0.717, 1.165) is 0 Å². The van der Waals surface area contributed by atoms with Crippen molar-refractivity contribution in [3.8, 4) is 0 Å². The predicted octanol–water partition coefficient (Wildman–Crippen LogP) is -0.364. The number of nitrogens with one attached hydrogen (secondary N) is 2. The van der Waals surface area contributed by atoms with Crippen LogP contribution in [0, 0.1) is 0 Å². The molecule has 16 heavy (non-hydrogen) atoms. The highest BCUT2D eigenvalue weighted by Crippen LogP contribution is 2.06. The summed E-state index contributed by atoms with van der Waals surface area (Å²) in [4.78, 5) is 32.5. The zero-order valence-electron chi connectivity index (χ0n) is 8.99. The van der Waals surface area contributed by atoms with Gasteiger partial charge in [0.2, 0.25) is 11.8 Å². The molecule has 6 nitrogen and oxygen atoms in total. The van der Waals surface area contributed by atoms with Gasteiger partial charge in [-0.3, -0.25) is 14.4 Å². The summed E-state index contributed by atoms with van der Waals surface area (Å²) < 4.78 is 0. The number of unbranched alkanes of at least 4 members (excludes halogenated alkanes) is 1. The van der Waals surface area contributed by atoms with Crippen LogP contribution >= 0.6 is 0 Å². The van der Waals surface area contributed by atoms with E-state index in [4.69, 9.17) is 5.11 Å². The first-order valence-electron chi connectivity index (χ1n) is 5.38. The van der Waals surface area contributed by atoms with Crippen molar-refractivity contribution in [3.63, 3.8) is 0 Å². The summed E-state index contributed by atoms with van der Waals surface area (Å²) >= 11 is 0. The molecule has 1 aliphatic heterocycles. The van der Waals surface area contributed by atoms with E-state index in [-0.39, 0.29) is 18.2 Å². The van der Waals surface area contributed by atoms with Gasteiger partial charge < -0.3 is 15.7 Å². The van der Waals surface area contributed by atoms with Crippen molar-refractivity contribution in [2.24, 2.45) is 0 Å². The van der Waals surface area contributed by atoms with Crippen molar-refractivity contribution < 1.29 is 19.5 Å². The Labute approximate surface area is 93.4 Å². The van der Waals surface area contributed by atoms with Crippen molar-refractivity contribution in [3.05, 3.63) is 0 Å². The number of carbonyl (C=O) groups is 3. The number of carboxylic acid groups (broad SMARTS) is 1. The second-order valence-electron chi connectivity index (χ2n) is 3.80. The van der Waals surface area contributed by atoms with Gasteiger partial charge in [0.25, 0.3) is 0 Å². The van der Waals surface area contributed by atoms with Gasteiger partial charge in [-0.25, -0.2) is 0 Å². The number of hydrogen-bond donors (Lipinski definition) is 3. The van der Waals surface area contributed by atoms with Crippen LogP contribution in [-0.2, 0) is 14.4 Å². The SMILES string of the molecule is O=C(O)CCCCNC(=O)C1CCC(=O)N1. The van der Waals surface area contributed by atoms with Gasteiger partial charge in [0.15, 0.2) is 0 Å². The Kier molecular flexibility index (Phi) is 4.75. The second kappa shape index (κ2) is 6.09. The maximum Gasteiger partial charge on any atom is 0.303 e. The third-order valence-electron chi connectivity index (χ3n) is 2.43. The van der Waals surface area contributed by atoms with Crippen molar-refractivity contribution >= 4 is 17.8 Å². The zero-order valence-corrected chi connectivity index (χ0v) is 8.99. The number of hydrogen-bond acceptors (Lipinski definition) is 3. The minimum Gasteiger partial charge on any atom is -0.481 e. The van der Waals surface area contributed by atoms with E-state index in [1.165, 1.54) is 0 Å². The molecule has 1 heterocycles. The van der Waals surface area contributed by atoms with Gasteiger partial charge in [-0.15, -0.1) is 0 Å². The fourth-order valence-corrected chi connectivity index (χ4v) is 1.55. The lowest BCUT2D eigenvalue weighted by atomic mass is 10.2. The fourth-order valence-electron chi connectivity index (χ4n) is 1.55. The van der Waals surface area contributed by atoms with Gasteiger partial charge in [0.1, 0.15) is 6.04 Å². The minimum atomic E-state index is -0.825. The molecule has 0 radical (unpaired) electrons. The lowest BCUT2D eigenvalue weighted by Gasteiger charge is -2.10. The molecule has 0 saturated carbocycles. The maximum absolute atomic E-state index is 11.4. The molecule has 0 aromatic heterocycles. The van der Waals surface area contributed by atoms with Crippen molar-refractivity contribution in [2.75, 3.05) is 6.54 Å². The van der Waals surface area contributed by atoms with Crippen LogP contribution in [0.5, 0.6) is 0 Å². The summed E-state index contributed by atoms with van der Waals surface area (Å²) in [5.41, 5.74) is 0. The van der Waals surface area contributed by atoms with E-state index in [1.54, 1.807) is 0 Å². The molecule has 0 spiro atoms. The first kappa shape index (κ1) is 12.5. The maximum atomic E-state index is 11.4. The molecule has 0 aromatic rings. The molecule has 1 unspecified atom stereocenters. The molecule has 0 aromatic carbocycles. The highest BCUT2D eigenvalue weighted by molar-refractivity contribution is 5.90. The van der Waals surface area contributed by atoms with Crippen molar-refractivity contribution in [2.45, 2.75) is 38.1 Å². The van der Waals surface area contributed by atoms with Crippen LogP contribution in [-0.4, -0.2) is 35.5 Å². The molecule has 1 aliphatic rings. The monoisotopic (exact) mass is 228 g/mol. The van der Waals surface area contributed by atoms with Crippen LogP contribution in [0.15, 0.2) is 0 Å². The molecular weight excluding hydrogens is 212 g/mol. The van der Waals surface area contributed by atoms with Crippen LogP contribution in [0.3, 0.4) is 0 Å². The van der Waals surface area contributed by atoms with Crippen LogP contribution in [0.25, 0.3) is 0 Å². The van der Waals surface area contributed by atoms with Gasteiger partial charge in [0.05, 0.1) is 0 Å². The van der Waals surface area contributed by atoms with Gasteiger partial charge >= 0.3 is 5.97 Å². The standard InChI is InChI=1S/C10H16N2O4/c13-8-5-4-7(12-8)10(16)11-6-2-1-3-9(14)15/h7H,1-6H2,(H,11,16)(H,12,13)(H,14,15). The third-order valence-corrected chi connectivity index (χ3v) is 2.43. The Morgan fingerprint density at radius 1 is 1.44 bits per heavy atom. The van der Waals surface area contributed by atoms with Crippen LogP contribution in [0.2, 0.25) is 0 Å². The quantitative estimate of drug-likeness (QED) is 0.541. The molecule has 1 saturated heterocycles. The molecular formula is C10H16N2O4.